The van der Waals surface area contributed by atoms with Gasteiger partial charge in [-0.1, -0.05) is 6.07 Å². The van der Waals surface area contributed by atoms with Crippen LogP contribution in [0.3, 0.4) is 0 Å². The predicted octanol–water partition coefficient (Wildman–Crippen LogP) is 3.27. The van der Waals surface area contributed by atoms with Gasteiger partial charge in [-0.3, -0.25) is 4.68 Å². The summed E-state index contributed by atoms with van der Waals surface area (Å²) in [6.07, 6.45) is 1.76. The lowest BCUT2D eigenvalue weighted by molar-refractivity contribution is 0.464. The topological polar surface area (TPSA) is 55.2 Å². The molecule has 24 heavy (non-hydrogen) atoms. The largest absolute Gasteiger partial charge is 0.270 e. The summed E-state index contributed by atoms with van der Waals surface area (Å²) in [5, 5.41) is 4.30. The van der Waals surface area contributed by atoms with Gasteiger partial charge in [-0.05, 0) is 63.8 Å². The van der Waals surface area contributed by atoms with Crippen LogP contribution in [0.1, 0.15) is 40.4 Å². The van der Waals surface area contributed by atoms with E-state index in [-0.39, 0.29) is 0 Å². The van der Waals surface area contributed by atoms with Crippen LogP contribution < -0.4 is 0 Å². The van der Waals surface area contributed by atoms with Crippen molar-refractivity contribution < 1.29 is 8.42 Å². The second-order valence-electron chi connectivity index (χ2n) is 6.42. The number of hydrogen-bond acceptors (Lipinski definition) is 3. The molecule has 0 spiro atoms. The summed E-state index contributed by atoms with van der Waals surface area (Å²) in [4.78, 5) is 0.433. The van der Waals surface area contributed by atoms with Crippen molar-refractivity contribution in [3.63, 3.8) is 0 Å². The smallest absolute Gasteiger partial charge is 0.243 e. The van der Waals surface area contributed by atoms with Crippen molar-refractivity contribution in [1.82, 2.24) is 14.1 Å². The molecule has 0 amide bonds. The van der Waals surface area contributed by atoms with Crippen LogP contribution in [0, 0.1) is 34.6 Å². The van der Waals surface area contributed by atoms with E-state index in [1.54, 1.807) is 13.2 Å². The Morgan fingerprint density at radius 1 is 1.08 bits per heavy atom. The van der Waals surface area contributed by atoms with E-state index in [0.29, 0.717) is 11.4 Å². The Hall–Kier alpha value is -1.66. The lowest BCUT2D eigenvalue weighted by Gasteiger charge is -2.22. The maximum Gasteiger partial charge on any atom is 0.243 e. The Bertz CT molecular complexity index is 841. The Kier molecular flexibility index (Phi) is 5.20. The summed E-state index contributed by atoms with van der Waals surface area (Å²) in [5.41, 5.74) is 5.59. The van der Waals surface area contributed by atoms with E-state index >= 15 is 0 Å². The van der Waals surface area contributed by atoms with Gasteiger partial charge in [0.15, 0.2) is 0 Å². The van der Waals surface area contributed by atoms with Crippen molar-refractivity contribution in [1.29, 1.82) is 0 Å². The standard InChI is InChI=1S/C18H27N3O2S/c1-8-21-16(6)17(10-19-21)11-20(7)24(22,23)18-14(4)12(2)9-13(3)15(18)5/h9-10H,8,11H2,1-7H3. The van der Waals surface area contributed by atoms with Crippen molar-refractivity contribution in [2.24, 2.45) is 0 Å². The lowest BCUT2D eigenvalue weighted by atomic mass is 10.0. The molecule has 0 N–H and O–H groups in total. The molecule has 2 aromatic rings. The van der Waals surface area contributed by atoms with Crippen molar-refractivity contribution in [2.45, 2.75) is 59.5 Å². The third kappa shape index (κ3) is 3.13. The van der Waals surface area contributed by atoms with E-state index in [2.05, 4.69) is 5.10 Å². The molecule has 2 rings (SSSR count). The summed E-state index contributed by atoms with van der Waals surface area (Å²) in [7, 11) is -1.93. The van der Waals surface area contributed by atoms with Gasteiger partial charge in [-0.2, -0.15) is 9.40 Å². The molecule has 132 valence electrons. The summed E-state index contributed by atoms with van der Waals surface area (Å²) in [6.45, 7) is 12.8. The van der Waals surface area contributed by atoms with Gasteiger partial charge in [0.2, 0.25) is 10.0 Å². The van der Waals surface area contributed by atoms with Crippen LogP contribution in [-0.4, -0.2) is 29.6 Å². The molecule has 0 saturated carbocycles. The van der Waals surface area contributed by atoms with Crippen LogP contribution in [0.15, 0.2) is 17.2 Å². The molecule has 0 aliphatic carbocycles. The number of sulfonamides is 1. The Balaban J connectivity index is 2.45. The number of hydrogen-bond donors (Lipinski definition) is 0. The molecule has 1 heterocycles. The van der Waals surface area contributed by atoms with Gasteiger partial charge in [-0.25, -0.2) is 8.42 Å². The van der Waals surface area contributed by atoms with Gasteiger partial charge in [0.25, 0.3) is 0 Å². The van der Waals surface area contributed by atoms with Crippen molar-refractivity contribution in [2.75, 3.05) is 7.05 Å². The quantitative estimate of drug-likeness (QED) is 0.832. The number of nitrogens with zero attached hydrogens (tertiary/aromatic N) is 3. The predicted molar refractivity (Wildman–Crippen MR) is 96.7 cm³/mol. The third-order valence-corrected chi connectivity index (χ3v) is 6.94. The molecule has 0 aliphatic rings. The van der Waals surface area contributed by atoms with Gasteiger partial charge >= 0.3 is 0 Å². The lowest BCUT2D eigenvalue weighted by Crippen LogP contribution is -2.28. The molecule has 0 aliphatic heterocycles. The Morgan fingerprint density at radius 2 is 1.62 bits per heavy atom. The highest BCUT2D eigenvalue weighted by Gasteiger charge is 2.27. The highest BCUT2D eigenvalue weighted by atomic mass is 32.2. The monoisotopic (exact) mass is 349 g/mol. The van der Waals surface area contributed by atoms with E-state index in [9.17, 15) is 8.42 Å². The zero-order valence-corrected chi connectivity index (χ0v) is 16.5. The molecule has 1 aromatic carbocycles. The zero-order valence-electron chi connectivity index (χ0n) is 15.6. The highest BCUT2D eigenvalue weighted by Crippen LogP contribution is 2.29. The second-order valence-corrected chi connectivity index (χ2v) is 8.40. The minimum absolute atomic E-state index is 0.319. The summed E-state index contributed by atoms with van der Waals surface area (Å²) in [6, 6.07) is 2.04. The van der Waals surface area contributed by atoms with Crippen molar-refractivity contribution >= 4 is 10.0 Å². The number of aryl methyl sites for hydroxylation is 3. The average Bonchev–Trinajstić information content (AvgIpc) is 2.85. The molecule has 0 radical (unpaired) electrons. The van der Waals surface area contributed by atoms with E-state index in [1.165, 1.54) is 4.31 Å². The first-order chi connectivity index (χ1) is 11.1. The van der Waals surface area contributed by atoms with Gasteiger partial charge in [0.1, 0.15) is 0 Å². The molecule has 0 atom stereocenters. The fourth-order valence-electron chi connectivity index (χ4n) is 3.01. The molecule has 0 unspecified atom stereocenters. The summed E-state index contributed by atoms with van der Waals surface area (Å²) >= 11 is 0. The maximum absolute atomic E-state index is 13.2. The fourth-order valence-corrected chi connectivity index (χ4v) is 4.72. The van der Waals surface area contributed by atoms with Crippen LogP contribution >= 0.6 is 0 Å². The average molecular weight is 350 g/mol. The summed E-state index contributed by atoms with van der Waals surface area (Å²) < 4.78 is 29.6. The van der Waals surface area contributed by atoms with Crippen LogP contribution in [-0.2, 0) is 23.1 Å². The van der Waals surface area contributed by atoms with Gasteiger partial charge in [0, 0.05) is 31.4 Å². The first kappa shape index (κ1) is 18.7. The minimum Gasteiger partial charge on any atom is -0.270 e. The minimum atomic E-state index is -3.56. The molecule has 6 heteroatoms. The number of benzene rings is 1. The molecule has 0 fully saturated rings. The highest BCUT2D eigenvalue weighted by molar-refractivity contribution is 7.89. The molecular weight excluding hydrogens is 322 g/mol. The molecule has 1 aromatic heterocycles. The molecule has 0 bridgehead atoms. The second kappa shape index (κ2) is 6.69. The van der Waals surface area contributed by atoms with Gasteiger partial charge in [0.05, 0.1) is 11.1 Å². The van der Waals surface area contributed by atoms with E-state index in [1.807, 2.05) is 52.3 Å². The Labute approximate surface area is 145 Å². The van der Waals surface area contributed by atoms with Crippen LogP contribution in [0.4, 0.5) is 0 Å². The van der Waals surface area contributed by atoms with E-state index < -0.39 is 10.0 Å². The van der Waals surface area contributed by atoms with Crippen molar-refractivity contribution in [3.05, 3.63) is 45.8 Å². The van der Waals surface area contributed by atoms with Gasteiger partial charge < -0.3 is 0 Å². The SMILES string of the molecule is CCn1ncc(CN(C)S(=O)(=O)c2c(C)c(C)cc(C)c2C)c1C. The van der Waals surface area contributed by atoms with E-state index in [0.717, 1.165) is 40.1 Å². The number of aromatic nitrogens is 2. The van der Waals surface area contributed by atoms with Crippen molar-refractivity contribution in [3.8, 4) is 0 Å². The fraction of sp³-hybridized carbons (Fsp3) is 0.500. The van der Waals surface area contributed by atoms with Crippen LogP contribution in [0.25, 0.3) is 0 Å². The first-order valence-electron chi connectivity index (χ1n) is 8.16. The molecular formula is C18H27N3O2S. The van der Waals surface area contributed by atoms with Crippen LogP contribution in [0.5, 0.6) is 0 Å². The van der Waals surface area contributed by atoms with Gasteiger partial charge in [-0.15, -0.1) is 0 Å². The normalized spacial score (nSPS) is 12.2. The van der Waals surface area contributed by atoms with Crippen LogP contribution in [0.2, 0.25) is 0 Å². The maximum atomic E-state index is 13.2. The third-order valence-electron chi connectivity index (χ3n) is 4.86. The van der Waals surface area contributed by atoms with E-state index in [4.69, 9.17) is 0 Å². The number of rotatable bonds is 5. The Morgan fingerprint density at radius 3 is 2.08 bits per heavy atom. The summed E-state index contributed by atoms with van der Waals surface area (Å²) in [5.74, 6) is 0. The zero-order chi connectivity index (χ0) is 18.2. The molecule has 5 nitrogen and oxygen atoms in total. The first-order valence-corrected chi connectivity index (χ1v) is 9.60. The molecule has 0 saturated heterocycles.